The van der Waals surface area contributed by atoms with Gasteiger partial charge in [-0.05, 0) is 85.5 Å². The molecular formula is C40H48N4O7. The summed E-state index contributed by atoms with van der Waals surface area (Å²) < 4.78 is 23.9. The summed E-state index contributed by atoms with van der Waals surface area (Å²) in [6.45, 7) is 6.17. The third kappa shape index (κ3) is 7.53. The number of fused-ring (bicyclic) bond motifs is 7. The molecule has 1 aromatic heterocycles. The summed E-state index contributed by atoms with van der Waals surface area (Å²) in [7, 11) is 1.30. The number of benzene rings is 2. The van der Waals surface area contributed by atoms with Gasteiger partial charge in [-0.25, -0.2) is 19.6 Å². The van der Waals surface area contributed by atoms with Crippen molar-refractivity contribution in [1.82, 2.24) is 20.2 Å². The number of rotatable bonds is 4. The summed E-state index contributed by atoms with van der Waals surface area (Å²) in [5, 5.41) is 2.90. The van der Waals surface area contributed by atoms with Crippen LogP contribution in [0, 0.1) is 23.2 Å². The molecule has 2 aromatic carbocycles. The Morgan fingerprint density at radius 3 is 2.55 bits per heavy atom. The highest BCUT2D eigenvalue weighted by molar-refractivity contribution is 5.91. The van der Waals surface area contributed by atoms with Crippen LogP contribution in [0.2, 0.25) is 0 Å². The molecule has 1 N–H and O–H groups in total. The second kappa shape index (κ2) is 14.5. The summed E-state index contributed by atoms with van der Waals surface area (Å²) in [4.78, 5) is 52.2. The van der Waals surface area contributed by atoms with Gasteiger partial charge in [-0.1, -0.05) is 57.2 Å². The summed E-state index contributed by atoms with van der Waals surface area (Å²) in [6.07, 6.45) is 8.75. The van der Waals surface area contributed by atoms with Crippen LogP contribution in [-0.4, -0.2) is 70.8 Å². The predicted molar refractivity (Wildman–Crippen MR) is 191 cm³/mol. The second-order valence-corrected chi connectivity index (χ2v) is 15.5. The molecule has 2 aliphatic heterocycles. The fourth-order valence-electron chi connectivity index (χ4n) is 8.21. The van der Waals surface area contributed by atoms with Gasteiger partial charge in [0.1, 0.15) is 42.3 Å². The van der Waals surface area contributed by atoms with Gasteiger partial charge in [0.15, 0.2) is 0 Å². The molecular weight excluding hydrogens is 648 g/mol. The lowest BCUT2D eigenvalue weighted by Crippen LogP contribution is -2.57. The Bertz CT molecular complexity index is 1790. The molecule has 2 bridgehead atoms. The van der Waals surface area contributed by atoms with Crippen LogP contribution < -0.4 is 14.8 Å². The first kappa shape index (κ1) is 34.8. The molecule has 1 saturated heterocycles. The Kier molecular flexibility index (Phi) is 9.90. The first-order chi connectivity index (χ1) is 24.6. The molecule has 11 heteroatoms. The molecule has 0 radical (unpaired) electrons. The molecule has 2 amide bonds. The Morgan fingerprint density at radius 2 is 1.80 bits per heavy atom. The number of allylic oxidation sites excluding steroid dienone is 1. The summed E-state index contributed by atoms with van der Waals surface area (Å²) in [5.41, 5.74) is 2.24. The van der Waals surface area contributed by atoms with Crippen molar-refractivity contribution in [3.05, 3.63) is 65.9 Å². The number of carbonyl (C=O) groups is 3. The maximum Gasteiger partial charge on any atom is 0.408 e. The van der Waals surface area contributed by atoms with Crippen LogP contribution in [0.15, 0.2) is 54.6 Å². The Hall–Kier alpha value is -4.67. The van der Waals surface area contributed by atoms with Crippen molar-refractivity contribution in [2.45, 2.75) is 96.6 Å². The molecule has 7 rings (SSSR count). The molecule has 51 heavy (non-hydrogen) atoms. The quantitative estimate of drug-likeness (QED) is 0.305. The lowest BCUT2D eigenvalue weighted by atomic mass is 9.71. The third-order valence-corrected chi connectivity index (χ3v) is 11.0. The fraction of sp³-hybridized carbons (Fsp3) is 0.525. The highest BCUT2D eigenvalue weighted by Crippen LogP contribution is 2.53. The van der Waals surface area contributed by atoms with Crippen LogP contribution in [0.4, 0.5) is 4.79 Å². The van der Waals surface area contributed by atoms with Crippen molar-refractivity contribution in [2.75, 3.05) is 13.7 Å². The number of methoxy groups -OCH3 is 1. The zero-order valence-corrected chi connectivity index (χ0v) is 29.9. The number of esters is 1. The standard InChI is InChI=1S/C40H48N4O7/c1-40(2,3)35-37(45)44-22-27(21-33(44)38(46)48-4)50-36-31(14-10-6-9-13-29-28-17-15-25(28)19-34(29)51-39(47)43-35)41-30-18-16-26(20-32(30)42-36)49-23-24-11-7-5-8-12-24/h5,7-8,10-12,14,16,18,20,25,27-29,33-35H,6,9,13,15,17,19,21-23H2,1-4H3,(H,43,47). The SMILES string of the molecule is COC(=O)C1CC2CN1C(=O)C(C(C)(C)C)NC(=O)OC1CC3CCC3C1CCCC=Cc1nc3ccc(OCc4ccccc4)cc3nc1O2. The van der Waals surface area contributed by atoms with Crippen molar-refractivity contribution in [2.24, 2.45) is 23.2 Å². The van der Waals surface area contributed by atoms with Crippen LogP contribution in [0.1, 0.15) is 77.0 Å². The average Bonchev–Trinajstić information content (AvgIpc) is 3.62. The molecule has 3 heterocycles. The highest BCUT2D eigenvalue weighted by atomic mass is 16.6. The van der Waals surface area contributed by atoms with E-state index in [1.54, 1.807) is 0 Å². The smallest absolute Gasteiger partial charge is 0.408 e. The van der Waals surface area contributed by atoms with Gasteiger partial charge in [0.05, 0.1) is 24.7 Å². The number of aromatic nitrogens is 2. The van der Waals surface area contributed by atoms with Gasteiger partial charge < -0.3 is 29.2 Å². The van der Waals surface area contributed by atoms with E-state index in [9.17, 15) is 14.4 Å². The maximum absolute atomic E-state index is 14.3. The van der Waals surface area contributed by atoms with E-state index < -0.39 is 41.6 Å². The number of hydrogen-bond acceptors (Lipinski definition) is 9. The van der Waals surface area contributed by atoms with E-state index in [4.69, 9.17) is 28.9 Å². The van der Waals surface area contributed by atoms with Gasteiger partial charge in [0.25, 0.3) is 0 Å². The number of amides is 2. The van der Waals surface area contributed by atoms with Gasteiger partial charge in [0, 0.05) is 12.5 Å². The largest absolute Gasteiger partial charge is 0.489 e. The number of nitrogens with zero attached hydrogens (tertiary/aromatic N) is 3. The lowest BCUT2D eigenvalue weighted by molar-refractivity contribution is -0.152. The minimum Gasteiger partial charge on any atom is -0.489 e. The number of carbonyl (C=O) groups excluding carboxylic acids is 3. The van der Waals surface area contributed by atoms with Crippen LogP contribution in [0.3, 0.4) is 0 Å². The molecule has 7 unspecified atom stereocenters. The lowest BCUT2D eigenvalue weighted by Gasteiger charge is -2.35. The summed E-state index contributed by atoms with van der Waals surface area (Å²) in [6, 6.07) is 13.7. The van der Waals surface area contributed by atoms with Crippen LogP contribution >= 0.6 is 0 Å². The van der Waals surface area contributed by atoms with Crippen LogP contribution in [0.25, 0.3) is 17.1 Å². The van der Waals surface area contributed by atoms with Crippen molar-refractivity contribution in [3.8, 4) is 11.6 Å². The maximum atomic E-state index is 14.3. The minimum atomic E-state index is -0.945. The van der Waals surface area contributed by atoms with E-state index in [2.05, 4.69) is 11.4 Å². The minimum absolute atomic E-state index is 0.0963. The zero-order chi connectivity index (χ0) is 35.7. The zero-order valence-electron chi connectivity index (χ0n) is 29.9. The normalized spacial score (nSPS) is 28.2. The van der Waals surface area contributed by atoms with Crippen molar-refractivity contribution in [3.63, 3.8) is 0 Å². The van der Waals surface area contributed by atoms with Gasteiger partial charge >= 0.3 is 12.1 Å². The highest BCUT2D eigenvalue weighted by Gasteiger charge is 2.50. The molecule has 2 aliphatic carbocycles. The monoisotopic (exact) mass is 696 g/mol. The van der Waals surface area contributed by atoms with Crippen molar-refractivity contribution in [1.29, 1.82) is 0 Å². The topological polar surface area (TPSA) is 129 Å². The first-order valence-corrected chi connectivity index (χ1v) is 18.2. The second-order valence-electron chi connectivity index (χ2n) is 15.5. The van der Waals surface area contributed by atoms with E-state index in [0.717, 1.165) is 37.7 Å². The molecule has 3 aromatic rings. The van der Waals surface area contributed by atoms with E-state index in [1.165, 1.54) is 18.4 Å². The number of hydrogen-bond donors (Lipinski definition) is 1. The summed E-state index contributed by atoms with van der Waals surface area (Å²) in [5.74, 6) is 1.44. The average molecular weight is 697 g/mol. The molecule has 2 saturated carbocycles. The van der Waals surface area contributed by atoms with Crippen molar-refractivity contribution < 1.29 is 33.3 Å². The Morgan fingerprint density at radius 1 is 0.980 bits per heavy atom. The van der Waals surface area contributed by atoms with Crippen molar-refractivity contribution >= 4 is 35.1 Å². The third-order valence-electron chi connectivity index (χ3n) is 11.0. The van der Waals surface area contributed by atoms with E-state index in [0.29, 0.717) is 46.8 Å². The molecule has 270 valence electrons. The molecule has 7 atom stereocenters. The van der Waals surface area contributed by atoms with Crippen LogP contribution in [0.5, 0.6) is 11.6 Å². The number of alkyl carbamates (subject to hydrolysis) is 1. The summed E-state index contributed by atoms with van der Waals surface area (Å²) >= 11 is 0. The molecule has 0 spiro atoms. The van der Waals surface area contributed by atoms with E-state index >= 15 is 0 Å². The van der Waals surface area contributed by atoms with Crippen LogP contribution in [-0.2, 0) is 25.7 Å². The van der Waals surface area contributed by atoms with Gasteiger partial charge in [-0.15, -0.1) is 0 Å². The van der Waals surface area contributed by atoms with E-state index in [-0.39, 0.29) is 25.0 Å². The van der Waals surface area contributed by atoms with Gasteiger partial charge in [-0.2, -0.15) is 0 Å². The van der Waals surface area contributed by atoms with Gasteiger partial charge in [-0.3, -0.25) is 4.79 Å². The molecule has 4 aliphatic rings. The fourth-order valence-corrected chi connectivity index (χ4v) is 8.21. The Labute approximate surface area is 299 Å². The molecule has 3 fully saturated rings. The van der Waals surface area contributed by atoms with Gasteiger partial charge in [0.2, 0.25) is 11.8 Å². The predicted octanol–water partition coefficient (Wildman–Crippen LogP) is 6.48. The first-order valence-electron chi connectivity index (χ1n) is 18.2. The van der Waals surface area contributed by atoms with E-state index in [1.807, 2.05) is 75.4 Å². The number of nitrogens with one attached hydrogen (secondary N) is 1. The molecule has 11 nitrogen and oxygen atoms in total. The Balaban J connectivity index is 1.22. The number of ether oxygens (including phenoxy) is 4.